The van der Waals surface area contributed by atoms with Crippen LogP contribution >= 0.6 is 0 Å². The molecule has 5 nitrogen and oxygen atoms in total. The van der Waals surface area contributed by atoms with E-state index in [9.17, 15) is 9.59 Å². The molecule has 0 atom stereocenters. The van der Waals surface area contributed by atoms with Crippen LogP contribution in [0.25, 0.3) is 0 Å². The molecule has 0 bridgehead atoms. The molecule has 0 spiro atoms. The third kappa shape index (κ3) is 6.68. The van der Waals surface area contributed by atoms with Crippen molar-refractivity contribution >= 4 is 18.0 Å². The van der Waals surface area contributed by atoms with Crippen LogP contribution in [0.15, 0.2) is 35.4 Å². The van der Waals surface area contributed by atoms with E-state index in [1.807, 2.05) is 18.2 Å². The maximum atomic E-state index is 11.7. The molecule has 0 aliphatic heterocycles. The van der Waals surface area contributed by atoms with Gasteiger partial charge in [0.15, 0.2) is 0 Å². The highest BCUT2D eigenvalue weighted by Crippen LogP contribution is 2.01. The second kappa shape index (κ2) is 9.72. The van der Waals surface area contributed by atoms with E-state index in [1.165, 1.54) is 6.21 Å². The number of nitrogens with zero attached hydrogens (tertiary/aromatic N) is 1. The Bertz CT molecular complexity index is 444. The third-order valence-electron chi connectivity index (χ3n) is 2.72. The summed E-state index contributed by atoms with van der Waals surface area (Å²) in [6.45, 7) is 2.37. The SMILES string of the molecule is C/C=N\NC(=O)CCCCCNC(=O)c1ccccc1. The standard InChI is InChI=1S/C15H21N3O2/c1-2-17-18-14(19)11-7-4-8-12-16-15(20)13-9-5-3-6-10-13/h2-3,5-6,9-10H,4,7-8,11-12H2,1H3,(H,16,20)(H,18,19)/b17-2-. The quantitative estimate of drug-likeness (QED) is 0.433. The molecule has 0 aliphatic rings. The molecule has 0 saturated heterocycles. The summed E-state index contributed by atoms with van der Waals surface area (Å²) in [4.78, 5) is 22.9. The third-order valence-corrected chi connectivity index (χ3v) is 2.72. The predicted molar refractivity (Wildman–Crippen MR) is 79.6 cm³/mol. The molecule has 2 amide bonds. The first-order valence-corrected chi connectivity index (χ1v) is 6.84. The number of hydrazone groups is 1. The summed E-state index contributed by atoms with van der Waals surface area (Å²) < 4.78 is 0. The first-order chi connectivity index (χ1) is 9.74. The topological polar surface area (TPSA) is 70.6 Å². The van der Waals surface area contributed by atoms with Gasteiger partial charge >= 0.3 is 0 Å². The van der Waals surface area contributed by atoms with Gasteiger partial charge in [0.2, 0.25) is 5.91 Å². The Morgan fingerprint density at radius 3 is 2.60 bits per heavy atom. The summed E-state index contributed by atoms with van der Waals surface area (Å²) in [5.41, 5.74) is 3.09. The Labute approximate surface area is 119 Å². The fourth-order valence-corrected chi connectivity index (χ4v) is 1.67. The zero-order chi connectivity index (χ0) is 14.6. The number of hydrogen-bond donors (Lipinski definition) is 2. The monoisotopic (exact) mass is 275 g/mol. The molecule has 1 aromatic carbocycles. The summed E-state index contributed by atoms with van der Waals surface area (Å²) in [7, 11) is 0. The lowest BCUT2D eigenvalue weighted by molar-refractivity contribution is -0.121. The van der Waals surface area contributed by atoms with Gasteiger partial charge in [-0.05, 0) is 31.9 Å². The van der Waals surface area contributed by atoms with E-state index >= 15 is 0 Å². The number of carbonyl (C=O) groups is 2. The van der Waals surface area contributed by atoms with E-state index in [2.05, 4.69) is 15.8 Å². The Morgan fingerprint density at radius 2 is 1.90 bits per heavy atom. The van der Waals surface area contributed by atoms with Gasteiger partial charge in [0, 0.05) is 24.7 Å². The Balaban J connectivity index is 2.05. The average Bonchev–Trinajstić information content (AvgIpc) is 2.49. The molecule has 20 heavy (non-hydrogen) atoms. The first-order valence-electron chi connectivity index (χ1n) is 6.84. The number of amides is 2. The molecule has 108 valence electrons. The van der Waals surface area contributed by atoms with Crippen LogP contribution < -0.4 is 10.7 Å². The second-order valence-corrected chi connectivity index (χ2v) is 4.35. The largest absolute Gasteiger partial charge is 0.352 e. The first kappa shape index (κ1) is 15.9. The molecule has 0 heterocycles. The molecular weight excluding hydrogens is 254 g/mol. The lowest BCUT2D eigenvalue weighted by atomic mass is 10.2. The van der Waals surface area contributed by atoms with Gasteiger partial charge in [0.25, 0.3) is 5.91 Å². The number of rotatable bonds is 8. The molecule has 5 heteroatoms. The maximum absolute atomic E-state index is 11.7. The van der Waals surface area contributed by atoms with Crippen molar-refractivity contribution in [2.75, 3.05) is 6.54 Å². The van der Waals surface area contributed by atoms with Crippen LogP contribution in [0.3, 0.4) is 0 Å². The van der Waals surface area contributed by atoms with E-state index in [0.29, 0.717) is 18.5 Å². The summed E-state index contributed by atoms with van der Waals surface area (Å²) >= 11 is 0. The molecule has 2 N–H and O–H groups in total. The maximum Gasteiger partial charge on any atom is 0.251 e. The summed E-state index contributed by atoms with van der Waals surface area (Å²) in [5.74, 6) is -0.128. The molecule has 1 rings (SSSR count). The highest BCUT2D eigenvalue weighted by Gasteiger charge is 2.03. The summed E-state index contributed by atoms with van der Waals surface area (Å²) in [6.07, 6.45) is 4.56. The lowest BCUT2D eigenvalue weighted by Crippen LogP contribution is -2.24. The number of carbonyl (C=O) groups excluding carboxylic acids is 2. The minimum atomic E-state index is -0.0728. The van der Waals surface area contributed by atoms with Crippen LogP contribution in [0.1, 0.15) is 43.0 Å². The van der Waals surface area contributed by atoms with Crippen LogP contribution in [0.4, 0.5) is 0 Å². The molecule has 0 unspecified atom stereocenters. The van der Waals surface area contributed by atoms with Gasteiger partial charge in [-0.15, -0.1) is 0 Å². The predicted octanol–water partition coefficient (Wildman–Crippen LogP) is 2.10. The fourth-order valence-electron chi connectivity index (χ4n) is 1.67. The molecule has 0 aromatic heterocycles. The van der Waals surface area contributed by atoms with E-state index in [4.69, 9.17) is 0 Å². The van der Waals surface area contributed by atoms with Gasteiger partial charge < -0.3 is 5.32 Å². The van der Waals surface area contributed by atoms with E-state index in [1.54, 1.807) is 19.1 Å². The summed E-state index contributed by atoms with van der Waals surface area (Å²) in [5, 5.41) is 6.52. The van der Waals surface area contributed by atoms with Gasteiger partial charge in [0.1, 0.15) is 0 Å². The molecule has 0 aliphatic carbocycles. The van der Waals surface area contributed by atoms with Crippen molar-refractivity contribution in [2.45, 2.75) is 32.6 Å². The molecule has 0 fully saturated rings. The Morgan fingerprint density at radius 1 is 1.15 bits per heavy atom. The molecule has 1 aromatic rings. The van der Waals surface area contributed by atoms with Crippen LogP contribution in [0.2, 0.25) is 0 Å². The minimum Gasteiger partial charge on any atom is -0.352 e. The Hall–Kier alpha value is -2.17. The van der Waals surface area contributed by atoms with Crippen molar-refractivity contribution in [1.82, 2.24) is 10.7 Å². The number of hydrogen-bond acceptors (Lipinski definition) is 3. The molecule has 0 saturated carbocycles. The minimum absolute atomic E-state index is 0.0550. The van der Waals surface area contributed by atoms with Crippen molar-refractivity contribution in [3.63, 3.8) is 0 Å². The van der Waals surface area contributed by atoms with Gasteiger partial charge in [0.05, 0.1) is 0 Å². The smallest absolute Gasteiger partial charge is 0.251 e. The normalized spacial score (nSPS) is 10.4. The van der Waals surface area contributed by atoms with Crippen molar-refractivity contribution < 1.29 is 9.59 Å². The van der Waals surface area contributed by atoms with Crippen molar-refractivity contribution in [2.24, 2.45) is 5.10 Å². The van der Waals surface area contributed by atoms with E-state index < -0.39 is 0 Å². The van der Waals surface area contributed by atoms with Crippen LogP contribution in [0.5, 0.6) is 0 Å². The number of unbranched alkanes of at least 4 members (excludes halogenated alkanes) is 2. The highest BCUT2D eigenvalue weighted by molar-refractivity contribution is 5.94. The van der Waals surface area contributed by atoms with Gasteiger partial charge in [-0.25, -0.2) is 5.43 Å². The van der Waals surface area contributed by atoms with Gasteiger partial charge in [-0.3, -0.25) is 9.59 Å². The van der Waals surface area contributed by atoms with Crippen LogP contribution in [0, 0.1) is 0 Å². The molecular formula is C15H21N3O2. The number of benzene rings is 1. The second-order valence-electron chi connectivity index (χ2n) is 4.35. The zero-order valence-electron chi connectivity index (χ0n) is 11.8. The van der Waals surface area contributed by atoms with Crippen molar-refractivity contribution in [3.05, 3.63) is 35.9 Å². The van der Waals surface area contributed by atoms with Crippen molar-refractivity contribution in [1.29, 1.82) is 0 Å². The molecule has 0 radical (unpaired) electrons. The van der Waals surface area contributed by atoms with Crippen molar-refractivity contribution in [3.8, 4) is 0 Å². The van der Waals surface area contributed by atoms with E-state index in [0.717, 1.165) is 19.3 Å². The van der Waals surface area contributed by atoms with E-state index in [-0.39, 0.29) is 11.8 Å². The number of nitrogens with one attached hydrogen (secondary N) is 2. The zero-order valence-corrected chi connectivity index (χ0v) is 11.8. The highest BCUT2D eigenvalue weighted by atomic mass is 16.2. The summed E-state index contributed by atoms with van der Waals surface area (Å²) in [6, 6.07) is 9.13. The van der Waals surface area contributed by atoms with Gasteiger partial charge in [-0.1, -0.05) is 24.6 Å². The Kier molecular flexibility index (Phi) is 7.72. The van der Waals surface area contributed by atoms with Crippen LogP contribution in [-0.4, -0.2) is 24.6 Å². The van der Waals surface area contributed by atoms with Gasteiger partial charge in [-0.2, -0.15) is 5.10 Å². The fraction of sp³-hybridized carbons (Fsp3) is 0.400. The average molecular weight is 275 g/mol. The van der Waals surface area contributed by atoms with Crippen LogP contribution in [-0.2, 0) is 4.79 Å². The lowest BCUT2D eigenvalue weighted by Gasteiger charge is -2.05.